The fourth-order valence-electron chi connectivity index (χ4n) is 3.67. The molecule has 2 aliphatic rings. The second-order valence-electron chi connectivity index (χ2n) is 5.78. The van der Waals surface area contributed by atoms with Gasteiger partial charge in [0, 0.05) is 5.56 Å². The molecule has 1 aromatic carbocycles. The van der Waals surface area contributed by atoms with E-state index < -0.39 is 31.8 Å². The number of aliphatic hydroxyl groups is 1. The zero-order valence-corrected chi connectivity index (χ0v) is 11.6. The van der Waals surface area contributed by atoms with Gasteiger partial charge in [-0.3, -0.25) is 0 Å². The largest absolute Gasteiger partial charge is 0.385 e. The van der Waals surface area contributed by atoms with Crippen LogP contribution >= 0.6 is 0 Å². The van der Waals surface area contributed by atoms with Crippen molar-refractivity contribution >= 4 is 9.84 Å². The number of benzene rings is 1. The molecule has 0 spiro atoms. The molecule has 0 saturated carbocycles. The number of fused-ring (bicyclic) bond motifs is 2. The Balaban J connectivity index is 2.07. The smallest absolute Gasteiger partial charge is 0.156 e. The Bertz CT molecular complexity index is 583. The molecule has 0 amide bonds. The van der Waals surface area contributed by atoms with Crippen molar-refractivity contribution in [2.45, 2.75) is 48.7 Å². The number of rotatable bonds is 1. The molecule has 2 bridgehead atoms. The number of hydrogen-bond donors (Lipinski definition) is 1. The molecule has 1 aromatic rings. The Kier molecular flexibility index (Phi) is 2.77. The third-order valence-corrected chi connectivity index (χ3v) is 7.22. The molecule has 2 fully saturated rings. The van der Waals surface area contributed by atoms with Gasteiger partial charge in [0.25, 0.3) is 0 Å². The first-order chi connectivity index (χ1) is 8.84. The Labute approximate surface area is 112 Å². The first-order valence-corrected chi connectivity index (χ1v) is 8.16. The summed E-state index contributed by atoms with van der Waals surface area (Å²) in [6.07, 6.45) is 1.41. The molecule has 3 rings (SSSR count). The van der Waals surface area contributed by atoms with Crippen LogP contribution in [0.3, 0.4) is 0 Å². The fourth-order valence-corrected chi connectivity index (χ4v) is 6.16. The van der Waals surface area contributed by atoms with E-state index in [2.05, 4.69) is 0 Å². The number of halogens is 1. The van der Waals surface area contributed by atoms with E-state index in [0.717, 1.165) is 0 Å². The van der Waals surface area contributed by atoms with E-state index >= 15 is 0 Å². The summed E-state index contributed by atoms with van der Waals surface area (Å²) >= 11 is 0. The van der Waals surface area contributed by atoms with Crippen molar-refractivity contribution < 1.29 is 17.9 Å². The SMILES string of the molecule is Cc1cccc(F)c1C1(O)CC2CCC(C1)S2(=O)=O. The van der Waals surface area contributed by atoms with Gasteiger partial charge in [-0.15, -0.1) is 0 Å². The van der Waals surface area contributed by atoms with E-state index in [-0.39, 0.29) is 18.4 Å². The van der Waals surface area contributed by atoms with Gasteiger partial charge in [-0.05, 0) is 44.2 Å². The third kappa shape index (κ3) is 1.82. The van der Waals surface area contributed by atoms with E-state index in [4.69, 9.17) is 0 Å². The van der Waals surface area contributed by atoms with Gasteiger partial charge in [-0.25, -0.2) is 12.8 Å². The second kappa shape index (κ2) is 4.03. The first kappa shape index (κ1) is 13.1. The molecule has 0 radical (unpaired) electrons. The number of aryl methyl sites for hydroxylation is 1. The van der Waals surface area contributed by atoms with Crippen molar-refractivity contribution in [2.75, 3.05) is 0 Å². The summed E-state index contributed by atoms with van der Waals surface area (Å²) in [5, 5.41) is 9.78. The molecule has 3 nitrogen and oxygen atoms in total. The Morgan fingerprint density at radius 1 is 1.26 bits per heavy atom. The van der Waals surface area contributed by atoms with E-state index in [9.17, 15) is 17.9 Å². The molecule has 0 aliphatic carbocycles. The van der Waals surface area contributed by atoms with Crippen LogP contribution in [-0.2, 0) is 15.4 Å². The number of hydrogen-bond acceptors (Lipinski definition) is 3. The van der Waals surface area contributed by atoms with Gasteiger partial charge in [0.2, 0.25) is 0 Å². The molecular weight excluding hydrogens is 267 g/mol. The maximum absolute atomic E-state index is 14.0. The molecule has 2 atom stereocenters. The summed E-state index contributed by atoms with van der Waals surface area (Å²) < 4.78 is 38.2. The molecule has 1 N–H and O–H groups in total. The lowest BCUT2D eigenvalue weighted by Crippen LogP contribution is -2.43. The van der Waals surface area contributed by atoms with Crippen LogP contribution in [0, 0.1) is 12.7 Å². The van der Waals surface area contributed by atoms with Crippen LogP contribution in [-0.4, -0.2) is 24.0 Å². The van der Waals surface area contributed by atoms with E-state index in [0.29, 0.717) is 18.4 Å². The lowest BCUT2D eigenvalue weighted by Gasteiger charge is -2.37. The minimum Gasteiger partial charge on any atom is -0.385 e. The van der Waals surface area contributed by atoms with Gasteiger partial charge >= 0.3 is 0 Å². The molecular formula is C14H17FO3S. The Hall–Kier alpha value is -0.940. The average Bonchev–Trinajstić information content (AvgIpc) is 2.49. The molecule has 0 aromatic heterocycles. The molecule has 5 heteroatoms. The highest BCUT2D eigenvalue weighted by molar-refractivity contribution is 7.93. The van der Waals surface area contributed by atoms with Gasteiger partial charge in [0.1, 0.15) is 5.82 Å². The van der Waals surface area contributed by atoms with Crippen molar-refractivity contribution in [3.63, 3.8) is 0 Å². The minimum absolute atomic E-state index is 0.119. The summed E-state index contributed by atoms with van der Waals surface area (Å²) in [6.45, 7) is 1.75. The average molecular weight is 284 g/mol. The van der Waals surface area contributed by atoms with Crippen LogP contribution in [0.5, 0.6) is 0 Å². The first-order valence-electron chi connectivity index (χ1n) is 6.55. The predicted molar refractivity (Wildman–Crippen MR) is 70.0 cm³/mol. The van der Waals surface area contributed by atoms with Crippen molar-refractivity contribution in [3.05, 3.63) is 35.1 Å². The number of sulfone groups is 1. The van der Waals surface area contributed by atoms with Crippen LogP contribution < -0.4 is 0 Å². The van der Waals surface area contributed by atoms with Crippen LogP contribution in [0.2, 0.25) is 0 Å². The standard InChI is InChI=1S/C14H17FO3S/c1-9-3-2-4-12(15)13(9)14(16)7-10-5-6-11(8-14)19(10,17)18/h2-4,10-11,16H,5-8H2,1H3. The van der Waals surface area contributed by atoms with Gasteiger partial charge < -0.3 is 5.11 Å². The highest BCUT2D eigenvalue weighted by atomic mass is 32.2. The van der Waals surface area contributed by atoms with E-state index in [1.807, 2.05) is 0 Å². The maximum Gasteiger partial charge on any atom is 0.156 e. The van der Waals surface area contributed by atoms with Crippen molar-refractivity contribution in [1.29, 1.82) is 0 Å². The van der Waals surface area contributed by atoms with Crippen molar-refractivity contribution in [3.8, 4) is 0 Å². The fraction of sp³-hybridized carbons (Fsp3) is 0.571. The zero-order chi connectivity index (χ0) is 13.8. The lowest BCUT2D eigenvalue weighted by atomic mass is 9.83. The maximum atomic E-state index is 14.0. The minimum atomic E-state index is -3.12. The third-order valence-electron chi connectivity index (χ3n) is 4.56. The van der Waals surface area contributed by atoms with Gasteiger partial charge in [-0.2, -0.15) is 0 Å². The van der Waals surface area contributed by atoms with Crippen LogP contribution in [0.4, 0.5) is 4.39 Å². The van der Waals surface area contributed by atoms with Gasteiger partial charge in [0.15, 0.2) is 9.84 Å². The normalized spacial score (nSPS) is 36.4. The highest BCUT2D eigenvalue weighted by Crippen LogP contribution is 2.48. The second-order valence-corrected chi connectivity index (χ2v) is 8.29. The lowest BCUT2D eigenvalue weighted by molar-refractivity contribution is 0.0133. The summed E-state index contributed by atoms with van der Waals surface area (Å²) in [4.78, 5) is 0. The summed E-state index contributed by atoms with van der Waals surface area (Å²) in [5.74, 6) is -0.443. The molecule has 19 heavy (non-hydrogen) atoms. The Morgan fingerprint density at radius 3 is 2.37 bits per heavy atom. The Morgan fingerprint density at radius 2 is 1.84 bits per heavy atom. The van der Waals surface area contributed by atoms with Gasteiger partial charge in [0.05, 0.1) is 16.1 Å². The van der Waals surface area contributed by atoms with Crippen LogP contribution in [0.1, 0.15) is 36.8 Å². The molecule has 2 saturated heterocycles. The van der Waals surface area contributed by atoms with Gasteiger partial charge in [-0.1, -0.05) is 12.1 Å². The summed E-state index contributed by atoms with van der Waals surface area (Å²) in [5.41, 5.74) is -0.380. The van der Waals surface area contributed by atoms with E-state index in [1.165, 1.54) is 6.07 Å². The van der Waals surface area contributed by atoms with E-state index in [1.54, 1.807) is 19.1 Å². The summed E-state index contributed by atoms with van der Waals surface area (Å²) in [6, 6.07) is 4.68. The zero-order valence-electron chi connectivity index (χ0n) is 10.8. The molecule has 2 unspecified atom stereocenters. The molecule has 2 aliphatic heterocycles. The molecule has 104 valence electrons. The molecule has 2 heterocycles. The monoisotopic (exact) mass is 284 g/mol. The van der Waals surface area contributed by atoms with Crippen LogP contribution in [0.25, 0.3) is 0 Å². The quantitative estimate of drug-likeness (QED) is 0.859. The summed E-state index contributed by atoms with van der Waals surface area (Å²) in [7, 11) is -3.12. The topological polar surface area (TPSA) is 54.4 Å². The van der Waals surface area contributed by atoms with Crippen molar-refractivity contribution in [1.82, 2.24) is 0 Å². The van der Waals surface area contributed by atoms with Crippen LogP contribution in [0.15, 0.2) is 18.2 Å². The predicted octanol–water partition coefficient (Wildman–Crippen LogP) is 2.06. The highest BCUT2D eigenvalue weighted by Gasteiger charge is 2.54. The van der Waals surface area contributed by atoms with Crippen molar-refractivity contribution in [2.24, 2.45) is 0 Å².